The molecule has 0 radical (unpaired) electrons. The van der Waals surface area contributed by atoms with Crippen LogP contribution in [0, 0.1) is 5.92 Å². The molecule has 0 aromatic heterocycles. The average Bonchev–Trinajstić information content (AvgIpc) is 1.86. The lowest BCUT2D eigenvalue weighted by molar-refractivity contribution is -0.173. The van der Waals surface area contributed by atoms with Crippen molar-refractivity contribution in [1.82, 2.24) is 0 Å². The number of carbonyl (C=O) groups is 1. The van der Waals surface area contributed by atoms with Crippen LogP contribution >= 0.6 is 0 Å². The monoisotopic (exact) mass is 185 g/mol. The third kappa shape index (κ3) is 2.69. The van der Waals surface area contributed by atoms with E-state index in [1.807, 2.05) is 0 Å². The summed E-state index contributed by atoms with van der Waals surface area (Å²) < 4.78 is 35.6. The second kappa shape index (κ2) is 3.75. The van der Waals surface area contributed by atoms with Crippen LogP contribution in [-0.4, -0.2) is 23.3 Å². The lowest BCUT2D eigenvalue weighted by Gasteiger charge is -2.20. The van der Waals surface area contributed by atoms with Crippen molar-refractivity contribution < 1.29 is 23.1 Å². The summed E-state index contributed by atoms with van der Waals surface area (Å²) in [5.41, 5.74) is 4.70. The number of carboxylic acid groups (broad SMARTS) is 1. The maximum Gasteiger partial charge on any atom is 0.404 e. The van der Waals surface area contributed by atoms with Crippen LogP contribution < -0.4 is 5.73 Å². The zero-order valence-electron chi connectivity index (χ0n) is 6.43. The number of alkyl halides is 3. The molecule has 0 bridgehead atoms. The quantitative estimate of drug-likeness (QED) is 0.689. The Kier molecular flexibility index (Phi) is 3.51. The minimum Gasteiger partial charge on any atom is -0.481 e. The first-order valence-corrected chi connectivity index (χ1v) is 3.35. The maximum absolute atomic E-state index is 11.9. The van der Waals surface area contributed by atoms with E-state index < -0.39 is 24.1 Å². The Labute approximate surface area is 67.4 Å². The molecule has 0 heterocycles. The standard InChI is InChI=1S/C6H10F3NO2/c1-2-3(5(11)12)4(10)6(7,8)9/h3-4H,2,10H2,1H3,(H,11,12). The van der Waals surface area contributed by atoms with Gasteiger partial charge in [-0.2, -0.15) is 13.2 Å². The van der Waals surface area contributed by atoms with Gasteiger partial charge < -0.3 is 10.8 Å². The summed E-state index contributed by atoms with van der Waals surface area (Å²) in [5.74, 6) is -3.06. The van der Waals surface area contributed by atoms with Gasteiger partial charge in [0, 0.05) is 0 Å². The molecule has 0 aliphatic heterocycles. The van der Waals surface area contributed by atoms with Crippen molar-refractivity contribution in [3.63, 3.8) is 0 Å². The summed E-state index contributed by atoms with van der Waals surface area (Å²) in [6, 6.07) is -2.28. The first-order valence-electron chi connectivity index (χ1n) is 3.35. The number of rotatable bonds is 3. The summed E-state index contributed by atoms with van der Waals surface area (Å²) in [6.45, 7) is 1.35. The second-order valence-electron chi connectivity index (χ2n) is 2.42. The van der Waals surface area contributed by atoms with Gasteiger partial charge in [0.25, 0.3) is 0 Å². The first kappa shape index (κ1) is 11.2. The zero-order valence-corrected chi connectivity index (χ0v) is 6.43. The Morgan fingerprint density at radius 2 is 2.00 bits per heavy atom. The van der Waals surface area contributed by atoms with Gasteiger partial charge in [-0.15, -0.1) is 0 Å². The number of hydrogen-bond acceptors (Lipinski definition) is 2. The third-order valence-electron chi connectivity index (χ3n) is 1.57. The maximum atomic E-state index is 11.9. The fourth-order valence-electron chi connectivity index (χ4n) is 0.810. The number of halogens is 3. The van der Waals surface area contributed by atoms with Gasteiger partial charge in [0.1, 0.15) is 6.04 Å². The molecule has 3 nitrogen and oxygen atoms in total. The van der Waals surface area contributed by atoms with Crippen molar-refractivity contribution in [2.45, 2.75) is 25.6 Å². The lowest BCUT2D eigenvalue weighted by atomic mass is 9.97. The molecule has 2 atom stereocenters. The number of hydrogen-bond donors (Lipinski definition) is 2. The molecular formula is C6H10F3NO2. The van der Waals surface area contributed by atoms with Crippen LogP contribution in [-0.2, 0) is 4.79 Å². The van der Waals surface area contributed by atoms with Gasteiger partial charge in [0.2, 0.25) is 0 Å². The van der Waals surface area contributed by atoms with Crippen LogP contribution in [0.5, 0.6) is 0 Å². The van der Waals surface area contributed by atoms with Crippen LogP contribution in [0.2, 0.25) is 0 Å². The van der Waals surface area contributed by atoms with Crippen molar-refractivity contribution in [1.29, 1.82) is 0 Å². The van der Waals surface area contributed by atoms with E-state index in [1.54, 1.807) is 0 Å². The second-order valence-corrected chi connectivity index (χ2v) is 2.42. The molecule has 3 N–H and O–H groups in total. The largest absolute Gasteiger partial charge is 0.481 e. The van der Waals surface area contributed by atoms with E-state index in [-0.39, 0.29) is 6.42 Å². The number of aliphatic carboxylic acids is 1. The highest BCUT2D eigenvalue weighted by molar-refractivity contribution is 5.70. The van der Waals surface area contributed by atoms with E-state index in [9.17, 15) is 18.0 Å². The molecule has 72 valence electrons. The van der Waals surface area contributed by atoms with Crippen molar-refractivity contribution in [2.24, 2.45) is 11.7 Å². The van der Waals surface area contributed by atoms with Crippen LogP contribution in [0.1, 0.15) is 13.3 Å². The van der Waals surface area contributed by atoms with Gasteiger partial charge in [-0.1, -0.05) is 6.92 Å². The topological polar surface area (TPSA) is 63.3 Å². The van der Waals surface area contributed by atoms with E-state index in [1.165, 1.54) is 6.92 Å². The molecule has 0 aliphatic carbocycles. The van der Waals surface area contributed by atoms with Crippen molar-refractivity contribution >= 4 is 5.97 Å². The van der Waals surface area contributed by atoms with Gasteiger partial charge >= 0.3 is 12.1 Å². The van der Waals surface area contributed by atoms with Crippen LogP contribution in [0.4, 0.5) is 13.2 Å². The fourth-order valence-corrected chi connectivity index (χ4v) is 0.810. The molecule has 0 aromatic rings. The smallest absolute Gasteiger partial charge is 0.404 e. The van der Waals surface area contributed by atoms with Crippen LogP contribution in [0.25, 0.3) is 0 Å². The molecule has 0 fully saturated rings. The minimum atomic E-state index is -4.64. The third-order valence-corrected chi connectivity index (χ3v) is 1.57. The number of nitrogens with two attached hydrogens (primary N) is 1. The Balaban J connectivity index is 4.42. The Morgan fingerprint density at radius 3 is 2.08 bits per heavy atom. The molecule has 0 saturated carbocycles. The predicted octanol–water partition coefficient (Wildman–Crippen LogP) is 0.987. The molecule has 0 amide bonds. The normalized spacial score (nSPS) is 17.1. The highest BCUT2D eigenvalue weighted by Crippen LogP contribution is 2.25. The average molecular weight is 185 g/mol. The molecule has 0 spiro atoms. The van der Waals surface area contributed by atoms with Crippen LogP contribution in [0.15, 0.2) is 0 Å². The molecule has 0 saturated heterocycles. The summed E-state index contributed by atoms with van der Waals surface area (Å²) >= 11 is 0. The zero-order chi connectivity index (χ0) is 9.94. The van der Waals surface area contributed by atoms with Crippen molar-refractivity contribution in [3.8, 4) is 0 Å². The van der Waals surface area contributed by atoms with Gasteiger partial charge in [-0.25, -0.2) is 0 Å². The van der Waals surface area contributed by atoms with Gasteiger partial charge in [0.15, 0.2) is 0 Å². The molecule has 6 heteroatoms. The van der Waals surface area contributed by atoms with E-state index in [0.29, 0.717) is 0 Å². The summed E-state index contributed by atoms with van der Waals surface area (Å²) in [6.07, 6.45) is -4.77. The Hall–Kier alpha value is -0.780. The summed E-state index contributed by atoms with van der Waals surface area (Å²) in [7, 11) is 0. The number of carboxylic acids is 1. The van der Waals surface area contributed by atoms with E-state index >= 15 is 0 Å². The highest BCUT2D eigenvalue weighted by Gasteiger charge is 2.44. The van der Waals surface area contributed by atoms with Gasteiger partial charge in [-0.05, 0) is 6.42 Å². The molecular weight excluding hydrogens is 175 g/mol. The van der Waals surface area contributed by atoms with E-state index in [2.05, 4.69) is 0 Å². The molecule has 0 aromatic carbocycles. The fraction of sp³-hybridized carbons (Fsp3) is 0.833. The van der Waals surface area contributed by atoms with E-state index in [4.69, 9.17) is 10.8 Å². The first-order chi connectivity index (χ1) is 5.30. The lowest BCUT2D eigenvalue weighted by Crippen LogP contribution is -2.46. The van der Waals surface area contributed by atoms with Crippen molar-refractivity contribution in [3.05, 3.63) is 0 Å². The summed E-state index contributed by atoms with van der Waals surface area (Å²) in [5, 5.41) is 8.33. The van der Waals surface area contributed by atoms with E-state index in [0.717, 1.165) is 0 Å². The molecule has 0 aliphatic rings. The Morgan fingerprint density at radius 1 is 1.58 bits per heavy atom. The van der Waals surface area contributed by atoms with Crippen molar-refractivity contribution in [2.75, 3.05) is 0 Å². The molecule has 12 heavy (non-hydrogen) atoms. The van der Waals surface area contributed by atoms with Crippen LogP contribution in [0.3, 0.4) is 0 Å². The predicted molar refractivity (Wildman–Crippen MR) is 35.4 cm³/mol. The SMILES string of the molecule is CCC(C(=O)O)C(N)C(F)(F)F. The highest BCUT2D eigenvalue weighted by atomic mass is 19.4. The Bertz CT molecular complexity index is 169. The molecule has 0 rings (SSSR count). The summed E-state index contributed by atoms with van der Waals surface area (Å²) in [4.78, 5) is 10.2. The van der Waals surface area contributed by atoms with Gasteiger partial charge in [-0.3, -0.25) is 4.79 Å². The minimum absolute atomic E-state index is 0.129. The van der Waals surface area contributed by atoms with Gasteiger partial charge in [0.05, 0.1) is 5.92 Å². The molecule has 2 unspecified atom stereocenters.